The first-order chi connectivity index (χ1) is 12.5. The Morgan fingerprint density at radius 2 is 1.54 bits per heavy atom. The Hall–Kier alpha value is -2.88. The maximum atomic E-state index is 12.0. The fraction of sp³-hybridized carbons (Fsp3) is 0.273. The van der Waals surface area contributed by atoms with Crippen molar-refractivity contribution in [3.63, 3.8) is 0 Å². The lowest BCUT2D eigenvalue weighted by Gasteiger charge is -2.06. The molecule has 0 aromatic heterocycles. The van der Waals surface area contributed by atoms with Crippen LogP contribution in [0, 0.1) is 0 Å². The molecule has 136 valence electrons. The van der Waals surface area contributed by atoms with Crippen LogP contribution >= 0.6 is 0 Å². The van der Waals surface area contributed by atoms with Crippen LogP contribution in [0.3, 0.4) is 0 Å². The molecular formula is C22H26N2O2. The summed E-state index contributed by atoms with van der Waals surface area (Å²) in [5.74, 6) is -0.134. The zero-order valence-corrected chi connectivity index (χ0v) is 15.4. The van der Waals surface area contributed by atoms with Gasteiger partial charge in [-0.05, 0) is 49.4 Å². The lowest BCUT2D eigenvalue weighted by atomic mass is 10.1. The summed E-state index contributed by atoms with van der Waals surface area (Å²) in [5.41, 5.74) is 4.25. The molecule has 0 aliphatic rings. The van der Waals surface area contributed by atoms with Gasteiger partial charge in [-0.3, -0.25) is 9.59 Å². The van der Waals surface area contributed by atoms with Crippen LogP contribution in [0.25, 0.3) is 0 Å². The highest BCUT2D eigenvalue weighted by Crippen LogP contribution is 2.10. The summed E-state index contributed by atoms with van der Waals surface area (Å²) in [7, 11) is 0. The molecule has 0 radical (unpaired) electrons. The van der Waals surface area contributed by atoms with Crippen molar-refractivity contribution in [2.24, 2.45) is 0 Å². The molecule has 0 atom stereocenters. The van der Waals surface area contributed by atoms with E-state index in [0.717, 1.165) is 36.1 Å². The van der Waals surface area contributed by atoms with E-state index >= 15 is 0 Å². The Kier molecular flexibility index (Phi) is 7.62. The molecule has 26 heavy (non-hydrogen) atoms. The van der Waals surface area contributed by atoms with Gasteiger partial charge in [-0.25, -0.2) is 0 Å². The second-order valence-corrected chi connectivity index (χ2v) is 6.40. The second-order valence-electron chi connectivity index (χ2n) is 6.40. The lowest BCUT2D eigenvalue weighted by molar-refractivity contribution is -0.116. The molecule has 0 saturated heterocycles. The Morgan fingerprint density at radius 3 is 2.19 bits per heavy atom. The number of hydrogen-bond donors (Lipinski definition) is 2. The maximum Gasteiger partial charge on any atom is 0.243 e. The summed E-state index contributed by atoms with van der Waals surface area (Å²) in [6.45, 7) is 4.06. The molecule has 2 aromatic carbocycles. The van der Waals surface area contributed by atoms with Crippen LogP contribution in [0.15, 0.2) is 66.2 Å². The molecule has 0 aliphatic heterocycles. The topological polar surface area (TPSA) is 58.2 Å². The van der Waals surface area contributed by atoms with Gasteiger partial charge in [0.25, 0.3) is 0 Å². The molecule has 0 heterocycles. The number of benzene rings is 2. The minimum atomic E-state index is -0.0839. The molecule has 4 nitrogen and oxygen atoms in total. The average molecular weight is 350 g/mol. The van der Waals surface area contributed by atoms with Crippen molar-refractivity contribution in [1.29, 1.82) is 0 Å². The number of allylic oxidation sites excluding steroid dienone is 1. The van der Waals surface area contributed by atoms with E-state index in [9.17, 15) is 9.59 Å². The quantitative estimate of drug-likeness (QED) is 0.710. The molecule has 0 fully saturated rings. The molecule has 2 aromatic rings. The largest absolute Gasteiger partial charge is 0.352 e. The van der Waals surface area contributed by atoms with Crippen LogP contribution in [0.2, 0.25) is 0 Å². The molecule has 2 rings (SSSR count). The van der Waals surface area contributed by atoms with E-state index in [4.69, 9.17) is 0 Å². The van der Waals surface area contributed by atoms with Gasteiger partial charge < -0.3 is 10.6 Å². The fourth-order valence-corrected chi connectivity index (χ4v) is 2.62. The normalized spacial score (nSPS) is 11.1. The molecule has 0 saturated carbocycles. The van der Waals surface area contributed by atoms with Gasteiger partial charge in [0.15, 0.2) is 0 Å². The van der Waals surface area contributed by atoms with Crippen molar-refractivity contribution in [3.05, 3.63) is 77.4 Å². The third-order valence-corrected chi connectivity index (χ3v) is 4.02. The van der Waals surface area contributed by atoms with Crippen LogP contribution in [0.4, 0.5) is 5.69 Å². The van der Waals surface area contributed by atoms with E-state index in [1.807, 2.05) is 49.4 Å². The molecule has 2 N–H and O–H groups in total. The van der Waals surface area contributed by atoms with Crippen LogP contribution in [0.1, 0.15) is 31.4 Å². The van der Waals surface area contributed by atoms with Gasteiger partial charge in [0.2, 0.25) is 11.8 Å². The standard InChI is InChI=1S/C22H26N2O2/c1-17(8-9-19-6-4-3-5-7-19)16-22(26)23-15-14-20-10-12-21(13-11-20)24-18(2)25/h3-7,10-13,16H,8-9,14-15H2,1-2H3,(H,23,26)(H,24,25)/b17-16-. The van der Waals surface area contributed by atoms with Gasteiger partial charge in [0, 0.05) is 25.2 Å². The number of carbonyl (C=O) groups excluding carboxylic acids is 2. The van der Waals surface area contributed by atoms with Gasteiger partial charge in [0.1, 0.15) is 0 Å². The molecule has 0 bridgehead atoms. The van der Waals surface area contributed by atoms with E-state index in [0.29, 0.717) is 6.54 Å². The zero-order chi connectivity index (χ0) is 18.8. The van der Waals surface area contributed by atoms with Crippen molar-refractivity contribution < 1.29 is 9.59 Å². The average Bonchev–Trinajstić information content (AvgIpc) is 2.62. The predicted molar refractivity (Wildman–Crippen MR) is 106 cm³/mol. The van der Waals surface area contributed by atoms with Crippen LogP contribution in [-0.2, 0) is 22.4 Å². The highest BCUT2D eigenvalue weighted by atomic mass is 16.2. The maximum absolute atomic E-state index is 12.0. The first kappa shape index (κ1) is 19.4. The van der Waals surface area contributed by atoms with Crippen LogP contribution < -0.4 is 10.6 Å². The van der Waals surface area contributed by atoms with Gasteiger partial charge >= 0.3 is 0 Å². The van der Waals surface area contributed by atoms with E-state index in [1.165, 1.54) is 12.5 Å². The van der Waals surface area contributed by atoms with Gasteiger partial charge in [-0.1, -0.05) is 48.0 Å². The minimum absolute atomic E-state index is 0.0505. The lowest BCUT2D eigenvalue weighted by Crippen LogP contribution is -2.24. The number of anilines is 1. The third kappa shape index (κ3) is 7.34. The number of aryl methyl sites for hydroxylation is 1. The van der Waals surface area contributed by atoms with E-state index in [-0.39, 0.29) is 11.8 Å². The number of hydrogen-bond acceptors (Lipinski definition) is 2. The van der Waals surface area contributed by atoms with E-state index < -0.39 is 0 Å². The summed E-state index contributed by atoms with van der Waals surface area (Å²) < 4.78 is 0. The number of amides is 2. The first-order valence-electron chi connectivity index (χ1n) is 8.88. The van der Waals surface area contributed by atoms with Crippen molar-refractivity contribution in [2.45, 2.75) is 33.1 Å². The highest BCUT2D eigenvalue weighted by Gasteiger charge is 2.01. The predicted octanol–water partition coefficient (Wildman–Crippen LogP) is 3.88. The van der Waals surface area contributed by atoms with Gasteiger partial charge in [0.05, 0.1) is 0 Å². The Balaban J connectivity index is 1.71. The SMILES string of the molecule is CC(=O)Nc1ccc(CCNC(=O)/C=C(/C)CCc2ccccc2)cc1. The van der Waals surface area contributed by atoms with Gasteiger partial charge in [-0.2, -0.15) is 0 Å². The summed E-state index contributed by atoms with van der Waals surface area (Å²) in [5, 5.41) is 5.66. The van der Waals surface area contributed by atoms with Crippen molar-refractivity contribution in [2.75, 3.05) is 11.9 Å². The molecule has 0 spiro atoms. The van der Waals surface area contributed by atoms with E-state index in [2.05, 4.69) is 22.8 Å². The molecule has 2 amide bonds. The van der Waals surface area contributed by atoms with Crippen LogP contribution in [0.5, 0.6) is 0 Å². The second kappa shape index (κ2) is 10.2. The molecular weight excluding hydrogens is 324 g/mol. The minimum Gasteiger partial charge on any atom is -0.352 e. The zero-order valence-electron chi connectivity index (χ0n) is 15.4. The number of rotatable bonds is 8. The van der Waals surface area contributed by atoms with Crippen LogP contribution in [-0.4, -0.2) is 18.4 Å². The fourth-order valence-electron chi connectivity index (χ4n) is 2.62. The summed E-state index contributed by atoms with van der Waals surface area (Å²) in [6, 6.07) is 17.9. The summed E-state index contributed by atoms with van der Waals surface area (Å²) >= 11 is 0. The summed E-state index contributed by atoms with van der Waals surface area (Å²) in [6.07, 6.45) is 4.25. The third-order valence-electron chi connectivity index (χ3n) is 4.02. The van der Waals surface area contributed by atoms with Gasteiger partial charge in [-0.15, -0.1) is 0 Å². The number of carbonyl (C=O) groups is 2. The highest BCUT2D eigenvalue weighted by molar-refractivity contribution is 5.88. The molecule has 4 heteroatoms. The van der Waals surface area contributed by atoms with Crippen molar-refractivity contribution >= 4 is 17.5 Å². The molecule has 0 aliphatic carbocycles. The first-order valence-corrected chi connectivity index (χ1v) is 8.88. The Bertz CT molecular complexity index is 749. The molecule has 0 unspecified atom stereocenters. The van der Waals surface area contributed by atoms with Crippen molar-refractivity contribution in [3.8, 4) is 0 Å². The number of nitrogens with one attached hydrogen (secondary N) is 2. The Labute approximate surface area is 155 Å². The smallest absolute Gasteiger partial charge is 0.243 e. The summed E-state index contributed by atoms with van der Waals surface area (Å²) in [4.78, 5) is 23.0. The monoisotopic (exact) mass is 350 g/mol. The van der Waals surface area contributed by atoms with E-state index in [1.54, 1.807) is 6.08 Å². The Morgan fingerprint density at radius 1 is 0.885 bits per heavy atom. The van der Waals surface area contributed by atoms with Crippen molar-refractivity contribution in [1.82, 2.24) is 5.32 Å².